The van der Waals surface area contributed by atoms with Gasteiger partial charge in [-0.3, -0.25) is 0 Å². The molecule has 0 saturated heterocycles. The third-order valence-electron chi connectivity index (χ3n) is 2.79. The highest BCUT2D eigenvalue weighted by molar-refractivity contribution is 7.98. The Bertz CT molecular complexity index is 678. The molecular weight excluding hydrogens is 258 g/mol. The second kappa shape index (κ2) is 5.32. The molecule has 19 heavy (non-hydrogen) atoms. The number of aromatic nitrogens is 3. The zero-order chi connectivity index (χ0) is 13.1. The van der Waals surface area contributed by atoms with E-state index in [1.54, 1.807) is 29.6 Å². The van der Waals surface area contributed by atoms with Gasteiger partial charge in [-0.25, -0.2) is 9.50 Å². The maximum absolute atomic E-state index is 5.14. The van der Waals surface area contributed by atoms with Gasteiger partial charge < -0.3 is 4.74 Å². The summed E-state index contributed by atoms with van der Waals surface area (Å²) in [5.74, 6) is 1.78. The molecular formula is C14H13N3OS. The number of thioether (sulfide) groups is 1. The lowest BCUT2D eigenvalue weighted by atomic mass is 10.2. The van der Waals surface area contributed by atoms with Crippen LogP contribution < -0.4 is 4.74 Å². The fourth-order valence-electron chi connectivity index (χ4n) is 1.76. The van der Waals surface area contributed by atoms with E-state index in [1.165, 1.54) is 5.56 Å². The summed E-state index contributed by atoms with van der Waals surface area (Å²) in [6, 6.07) is 9.99. The Morgan fingerprint density at radius 2 is 2.05 bits per heavy atom. The van der Waals surface area contributed by atoms with Gasteiger partial charge in [-0.05, 0) is 17.7 Å². The van der Waals surface area contributed by atoms with Gasteiger partial charge >= 0.3 is 0 Å². The molecule has 2 aromatic heterocycles. The van der Waals surface area contributed by atoms with Gasteiger partial charge in [0.05, 0.1) is 13.3 Å². The average Bonchev–Trinajstić information content (AvgIpc) is 2.93. The largest absolute Gasteiger partial charge is 0.497 e. The van der Waals surface area contributed by atoms with Crippen molar-refractivity contribution in [2.75, 3.05) is 7.11 Å². The Morgan fingerprint density at radius 1 is 1.21 bits per heavy atom. The monoisotopic (exact) mass is 271 g/mol. The molecule has 2 heterocycles. The second-order valence-electron chi connectivity index (χ2n) is 4.06. The molecule has 0 amide bonds. The van der Waals surface area contributed by atoms with E-state index in [0.29, 0.717) is 0 Å². The summed E-state index contributed by atoms with van der Waals surface area (Å²) in [6.45, 7) is 0. The van der Waals surface area contributed by atoms with Crippen LogP contribution in [0.5, 0.6) is 5.75 Å². The Morgan fingerprint density at radius 3 is 2.84 bits per heavy atom. The van der Waals surface area contributed by atoms with E-state index in [2.05, 4.69) is 22.2 Å². The zero-order valence-corrected chi connectivity index (χ0v) is 11.3. The standard InChI is InChI=1S/C14H13N3OS/c1-18-12-4-2-11(3-5-12)10-19-13-8-15-14-6-7-16-17(14)9-13/h2-9H,10H2,1H3. The fourth-order valence-corrected chi connectivity index (χ4v) is 2.58. The van der Waals surface area contributed by atoms with E-state index in [4.69, 9.17) is 4.74 Å². The van der Waals surface area contributed by atoms with Gasteiger partial charge in [-0.2, -0.15) is 5.10 Å². The first-order valence-electron chi connectivity index (χ1n) is 5.90. The molecule has 1 aromatic carbocycles. The van der Waals surface area contributed by atoms with Crippen LogP contribution in [0.15, 0.2) is 53.8 Å². The van der Waals surface area contributed by atoms with E-state index in [-0.39, 0.29) is 0 Å². The summed E-state index contributed by atoms with van der Waals surface area (Å²) in [5, 5.41) is 4.18. The number of hydrogen-bond acceptors (Lipinski definition) is 4. The molecule has 0 radical (unpaired) electrons. The minimum Gasteiger partial charge on any atom is -0.497 e. The fraction of sp³-hybridized carbons (Fsp3) is 0.143. The molecule has 0 bridgehead atoms. The molecule has 0 fully saturated rings. The molecule has 5 heteroatoms. The van der Waals surface area contributed by atoms with Crippen molar-refractivity contribution in [2.24, 2.45) is 0 Å². The van der Waals surface area contributed by atoms with Crippen molar-refractivity contribution in [1.29, 1.82) is 0 Å². The summed E-state index contributed by atoms with van der Waals surface area (Å²) in [6.07, 6.45) is 5.63. The molecule has 0 aliphatic heterocycles. The number of nitrogens with zero attached hydrogens (tertiary/aromatic N) is 3. The number of fused-ring (bicyclic) bond motifs is 1. The van der Waals surface area contributed by atoms with Crippen molar-refractivity contribution in [3.63, 3.8) is 0 Å². The van der Waals surface area contributed by atoms with Gasteiger partial charge in [-0.1, -0.05) is 12.1 Å². The average molecular weight is 271 g/mol. The Balaban J connectivity index is 1.70. The number of methoxy groups -OCH3 is 1. The molecule has 0 aliphatic rings. The van der Waals surface area contributed by atoms with Gasteiger partial charge in [0.2, 0.25) is 0 Å². The summed E-state index contributed by atoms with van der Waals surface area (Å²) in [4.78, 5) is 5.44. The quantitative estimate of drug-likeness (QED) is 0.684. The van der Waals surface area contributed by atoms with Crippen LogP contribution in [0, 0.1) is 0 Å². The normalized spacial score (nSPS) is 10.8. The SMILES string of the molecule is COc1ccc(CSc2cnc3ccnn3c2)cc1. The molecule has 3 rings (SSSR count). The van der Waals surface area contributed by atoms with Crippen LogP contribution in [0.2, 0.25) is 0 Å². The highest BCUT2D eigenvalue weighted by Gasteiger charge is 2.00. The minimum absolute atomic E-state index is 0.869. The maximum atomic E-state index is 5.14. The van der Waals surface area contributed by atoms with Crippen LogP contribution >= 0.6 is 11.8 Å². The molecule has 0 unspecified atom stereocenters. The molecule has 96 valence electrons. The predicted molar refractivity (Wildman–Crippen MR) is 75.5 cm³/mol. The summed E-state index contributed by atoms with van der Waals surface area (Å²) in [5.41, 5.74) is 2.13. The first kappa shape index (κ1) is 12.0. The molecule has 0 spiro atoms. The number of hydrogen-bond donors (Lipinski definition) is 0. The Kier molecular flexibility index (Phi) is 3.37. The lowest BCUT2D eigenvalue weighted by Crippen LogP contribution is -1.90. The van der Waals surface area contributed by atoms with Gasteiger partial charge in [0.25, 0.3) is 0 Å². The van der Waals surface area contributed by atoms with E-state index >= 15 is 0 Å². The first-order chi connectivity index (χ1) is 9.35. The van der Waals surface area contributed by atoms with Crippen molar-refractivity contribution in [3.05, 3.63) is 54.5 Å². The third-order valence-corrected chi connectivity index (χ3v) is 3.81. The molecule has 0 atom stereocenters. The summed E-state index contributed by atoms with van der Waals surface area (Å²) >= 11 is 1.74. The number of benzene rings is 1. The first-order valence-corrected chi connectivity index (χ1v) is 6.89. The minimum atomic E-state index is 0.869. The van der Waals surface area contributed by atoms with E-state index in [0.717, 1.165) is 22.0 Å². The molecule has 0 aliphatic carbocycles. The Labute approximate surface area is 115 Å². The van der Waals surface area contributed by atoms with Crippen LogP contribution in [-0.2, 0) is 5.75 Å². The highest BCUT2D eigenvalue weighted by Crippen LogP contribution is 2.23. The van der Waals surface area contributed by atoms with Crippen molar-refractivity contribution in [1.82, 2.24) is 14.6 Å². The maximum Gasteiger partial charge on any atom is 0.154 e. The summed E-state index contributed by atoms with van der Waals surface area (Å²) < 4.78 is 6.93. The van der Waals surface area contributed by atoms with Gasteiger partial charge in [-0.15, -0.1) is 11.8 Å². The van der Waals surface area contributed by atoms with Crippen molar-refractivity contribution in [2.45, 2.75) is 10.6 Å². The van der Waals surface area contributed by atoms with Crippen LogP contribution in [0.4, 0.5) is 0 Å². The topological polar surface area (TPSA) is 39.4 Å². The van der Waals surface area contributed by atoms with Crippen LogP contribution in [-0.4, -0.2) is 21.7 Å². The number of rotatable bonds is 4. The van der Waals surface area contributed by atoms with E-state index < -0.39 is 0 Å². The Hall–Kier alpha value is -2.01. The third kappa shape index (κ3) is 2.71. The smallest absolute Gasteiger partial charge is 0.154 e. The van der Waals surface area contributed by atoms with Crippen molar-refractivity contribution < 1.29 is 4.74 Å². The van der Waals surface area contributed by atoms with Crippen LogP contribution in [0.3, 0.4) is 0 Å². The van der Waals surface area contributed by atoms with Gasteiger partial charge in [0.15, 0.2) is 5.65 Å². The molecule has 3 aromatic rings. The molecule has 4 nitrogen and oxygen atoms in total. The zero-order valence-electron chi connectivity index (χ0n) is 10.5. The highest BCUT2D eigenvalue weighted by atomic mass is 32.2. The lowest BCUT2D eigenvalue weighted by Gasteiger charge is -2.04. The second-order valence-corrected chi connectivity index (χ2v) is 5.11. The molecule has 0 saturated carbocycles. The van der Waals surface area contributed by atoms with Gasteiger partial charge in [0, 0.05) is 29.1 Å². The molecule has 0 N–H and O–H groups in total. The van der Waals surface area contributed by atoms with Gasteiger partial charge in [0.1, 0.15) is 5.75 Å². The van der Waals surface area contributed by atoms with E-state index in [1.807, 2.05) is 30.6 Å². The van der Waals surface area contributed by atoms with Crippen molar-refractivity contribution >= 4 is 17.4 Å². The lowest BCUT2D eigenvalue weighted by molar-refractivity contribution is 0.414. The van der Waals surface area contributed by atoms with Crippen LogP contribution in [0.1, 0.15) is 5.56 Å². The van der Waals surface area contributed by atoms with E-state index in [9.17, 15) is 0 Å². The summed E-state index contributed by atoms with van der Waals surface area (Å²) in [7, 11) is 1.68. The predicted octanol–water partition coefficient (Wildman–Crippen LogP) is 3.03. The van der Waals surface area contributed by atoms with Crippen LogP contribution in [0.25, 0.3) is 5.65 Å². The van der Waals surface area contributed by atoms with Crippen molar-refractivity contribution in [3.8, 4) is 5.75 Å². The number of ether oxygens (including phenoxy) is 1.